The molecule has 0 aromatic heterocycles. The van der Waals surface area contributed by atoms with Crippen molar-refractivity contribution in [2.24, 2.45) is 0 Å². The van der Waals surface area contributed by atoms with Crippen LogP contribution in [0.2, 0.25) is 0 Å². The highest BCUT2D eigenvalue weighted by Crippen LogP contribution is 2.03. The minimum atomic E-state index is 0. The second-order valence-electron chi connectivity index (χ2n) is 2.67. The van der Waals surface area contributed by atoms with Crippen molar-refractivity contribution in [2.45, 2.75) is 0 Å². The van der Waals surface area contributed by atoms with Crippen LogP contribution in [0.5, 0.6) is 11.5 Å². The highest BCUT2D eigenvalue weighted by atomic mass is 16.3. The van der Waals surface area contributed by atoms with Crippen molar-refractivity contribution < 1.29 is 10.2 Å². The zero-order valence-corrected chi connectivity index (χ0v) is 8.25. The Kier molecular flexibility index (Phi) is 6.56. The molecule has 0 spiro atoms. The third-order valence-electron chi connectivity index (χ3n) is 1.51. The minimum Gasteiger partial charge on any atom is -0.508 e. The smallest absolute Gasteiger partial charge is 0.115 e. The maximum Gasteiger partial charge on any atom is 0.115 e. The van der Waals surface area contributed by atoms with Gasteiger partial charge >= 0.3 is 0 Å². The van der Waals surface area contributed by atoms with Gasteiger partial charge in [0.05, 0.1) is 0 Å². The third kappa shape index (κ3) is 6.21. The number of phenolic OH excluding ortho intramolecular Hbond substituents is 2. The van der Waals surface area contributed by atoms with Gasteiger partial charge in [-0.15, -0.1) is 0 Å². The SMILES string of the molecule is Oc1ccccc1.Oc1ccccc1.[B]. The number of hydrogen-bond donors (Lipinski definition) is 2. The molecule has 0 fully saturated rings. The molecule has 75 valence electrons. The van der Waals surface area contributed by atoms with Crippen molar-refractivity contribution in [3.05, 3.63) is 60.7 Å². The molecule has 0 saturated heterocycles. The van der Waals surface area contributed by atoms with Gasteiger partial charge in [-0.25, -0.2) is 0 Å². The summed E-state index contributed by atoms with van der Waals surface area (Å²) in [7, 11) is 0. The van der Waals surface area contributed by atoms with Crippen molar-refractivity contribution in [3.63, 3.8) is 0 Å². The van der Waals surface area contributed by atoms with E-state index in [9.17, 15) is 0 Å². The van der Waals surface area contributed by atoms with Crippen molar-refractivity contribution in [2.75, 3.05) is 0 Å². The highest BCUT2D eigenvalue weighted by molar-refractivity contribution is 5.75. The van der Waals surface area contributed by atoms with Gasteiger partial charge < -0.3 is 10.2 Å². The summed E-state index contributed by atoms with van der Waals surface area (Å²) in [6.07, 6.45) is 0. The first kappa shape index (κ1) is 13.1. The van der Waals surface area contributed by atoms with E-state index >= 15 is 0 Å². The van der Waals surface area contributed by atoms with E-state index in [1.807, 2.05) is 12.1 Å². The number of benzene rings is 2. The van der Waals surface area contributed by atoms with Crippen molar-refractivity contribution in [1.29, 1.82) is 0 Å². The van der Waals surface area contributed by atoms with Crippen LogP contribution in [0, 0.1) is 0 Å². The third-order valence-corrected chi connectivity index (χ3v) is 1.51. The Morgan fingerprint density at radius 3 is 0.933 bits per heavy atom. The van der Waals surface area contributed by atoms with Crippen LogP contribution < -0.4 is 0 Å². The molecule has 0 aliphatic carbocycles. The van der Waals surface area contributed by atoms with Gasteiger partial charge in [-0.05, 0) is 24.3 Å². The number of hydrogen-bond acceptors (Lipinski definition) is 2. The van der Waals surface area contributed by atoms with E-state index in [-0.39, 0.29) is 8.41 Å². The Morgan fingerprint density at radius 1 is 0.533 bits per heavy atom. The summed E-state index contributed by atoms with van der Waals surface area (Å²) < 4.78 is 0. The molecule has 0 aliphatic heterocycles. The fourth-order valence-electron chi connectivity index (χ4n) is 0.856. The molecule has 2 rings (SSSR count). The lowest BCUT2D eigenvalue weighted by molar-refractivity contribution is 0.475. The van der Waals surface area contributed by atoms with Crippen molar-refractivity contribution in [3.8, 4) is 11.5 Å². The summed E-state index contributed by atoms with van der Waals surface area (Å²) in [5.74, 6) is 0.644. The van der Waals surface area contributed by atoms with E-state index in [1.54, 1.807) is 48.5 Å². The van der Waals surface area contributed by atoms with Crippen LogP contribution in [-0.2, 0) is 0 Å². The second-order valence-corrected chi connectivity index (χ2v) is 2.67. The summed E-state index contributed by atoms with van der Waals surface area (Å²) in [6, 6.07) is 17.4. The maximum absolute atomic E-state index is 8.63. The van der Waals surface area contributed by atoms with Crippen LogP contribution in [0.15, 0.2) is 60.7 Å². The Bertz CT molecular complexity index is 311. The van der Waals surface area contributed by atoms with Gasteiger partial charge in [-0.1, -0.05) is 36.4 Å². The van der Waals surface area contributed by atoms with Crippen molar-refractivity contribution in [1.82, 2.24) is 0 Å². The molecular weight excluding hydrogens is 187 g/mol. The number of phenols is 2. The summed E-state index contributed by atoms with van der Waals surface area (Å²) in [6.45, 7) is 0. The molecule has 2 nitrogen and oxygen atoms in total. The maximum atomic E-state index is 8.63. The standard InChI is InChI=1S/2C6H6O.B/c2*7-6-4-2-1-3-5-6;/h2*1-5,7H;. The number of aromatic hydroxyl groups is 2. The zero-order valence-electron chi connectivity index (χ0n) is 8.25. The van der Waals surface area contributed by atoms with Crippen molar-refractivity contribution >= 4 is 8.41 Å². The van der Waals surface area contributed by atoms with Crippen LogP contribution in [0.3, 0.4) is 0 Å². The molecule has 3 heteroatoms. The molecule has 0 amide bonds. The molecule has 0 unspecified atom stereocenters. The molecule has 2 N–H and O–H groups in total. The summed E-state index contributed by atoms with van der Waals surface area (Å²) >= 11 is 0. The predicted molar refractivity (Wildman–Crippen MR) is 62.0 cm³/mol. The Balaban J connectivity index is 0.000000245. The molecule has 0 heterocycles. The molecule has 3 radical (unpaired) electrons. The van der Waals surface area contributed by atoms with Crippen LogP contribution in [0.1, 0.15) is 0 Å². The lowest BCUT2D eigenvalue weighted by Gasteiger charge is -1.82. The van der Waals surface area contributed by atoms with E-state index in [0.29, 0.717) is 11.5 Å². The van der Waals surface area contributed by atoms with Gasteiger partial charge in [0.2, 0.25) is 0 Å². The fourth-order valence-corrected chi connectivity index (χ4v) is 0.856. The van der Waals surface area contributed by atoms with Crippen LogP contribution in [0.25, 0.3) is 0 Å². The summed E-state index contributed by atoms with van der Waals surface area (Å²) in [4.78, 5) is 0. The lowest BCUT2D eigenvalue weighted by Crippen LogP contribution is -1.56. The van der Waals surface area contributed by atoms with Gasteiger partial charge in [0.15, 0.2) is 0 Å². The summed E-state index contributed by atoms with van der Waals surface area (Å²) in [5, 5.41) is 17.3. The molecule has 0 bridgehead atoms. The zero-order chi connectivity index (χ0) is 10.2. The van der Waals surface area contributed by atoms with E-state index < -0.39 is 0 Å². The summed E-state index contributed by atoms with van der Waals surface area (Å²) in [5.41, 5.74) is 0. The first-order valence-corrected chi connectivity index (χ1v) is 4.27. The average Bonchev–Trinajstić information content (AvgIpc) is 2.21. The normalized spacial score (nSPS) is 8.00. The van der Waals surface area contributed by atoms with Gasteiger partial charge in [0.1, 0.15) is 11.5 Å². The van der Waals surface area contributed by atoms with Crippen LogP contribution >= 0.6 is 0 Å². The van der Waals surface area contributed by atoms with E-state index in [2.05, 4.69) is 0 Å². The molecule has 2 aromatic carbocycles. The van der Waals surface area contributed by atoms with Gasteiger partial charge in [0, 0.05) is 8.41 Å². The lowest BCUT2D eigenvalue weighted by atomic mass is 10.3. The Hall–Kier alpha value is -1.90. The topological polar surface area (TPSA) is 40.5 Å². The largest absolute Gasteiger partial charge is 0.508 e. The predicted octanol–water partition coefficient (Wildman–Crippen LogP) is 2.40. The highest BCUT2D eigenvalue weighted by Gasteiger charge is 1.75. The fraction of sp³-hybridized carbons (Fsp3) is 0. The monoisotopic (exact) mass is 199 g/mol. The van der Waals surface area contributed by atoms with E-state index in [1.165, 1.54) is 0 Å². The van der Waals surface area contributed by atoms with Crippen LogP contribution in [-0.4, -0.2) is 18.6 Å². The van der Waals surface area contributed by atoms with Gasteiger partial charge in [-0.2, -0.15) is 0 Å². The van der Waals surface area contributed by atoms with E-state index in [0.717, 1.165) is 0 Å². The Morgan fingerprint density at radius 2 is 0.800 bits per heavy atom. The molecule has 0 aliphatic rings. The molecule has 2 aromatic rings. The molecular formula is C12H12BO2. The second kappa shape index (κ2) is 7.50. The van der Waals surface area contributed by atoms with Gasteiger partial charge in [-0.3, -0.25) is 0 Å². The molecule has 0 saturated carbocycles. The first-order valence-electron chi connectivity index (χ1n) is 4.27. The Labute approximate surface area is 91.4 Å². The van der Waals surface area contributed by atoms with E-state index in [4.69, 9.17) is 10.2 Å². The van der Waals surface area contributed by atoms with Gasteiger partial charge in [0.25, 0.3) is 0 Å². The quantitative estimate of drug-likeness (QED) is 0.639. The number of para-hydroxylation sites is 2. The van der Waals surface area contributed by atoms with Crippen LogP contribution in [0.4, 0.5) is 0 Å². The first-order chi connectivity index (χ1) is 6.79. The average molecular weight is 199 g/mol. The molecule has 15 heavy (non-hydrogen) atoms. The number of rotatable bonds is 0. The molecule has 0 atom stereocenters. The minimum absolute atomic E-state index is 0.